The quantitative estimate of drug-likeness (QED) is 0.818. The Bertz CT molecular complexity index is 481. The Labute approximate surface area is 124 Å². The predicted molar refractivity (Wildman–Crippen MR) is 85.0 cm³/mol. The fraction of sp³-hybridized carbons (Fsp3) is 0.600. The van der Waals surface area contributed by atoms with Gasteiger partial charge in [-0.3, -0.25) is 9.69 Å². The summed E-state index contributed by atoms with van der Waals surface area (Å²) in [5.74, 6) is -0.0651. The highest BCUT2D eigenvalue weighted by Gasteiger charge is 2.15. The third kappa shape index (κ3) is 4.42. The highest BCUT2D eigenvalue weighted by Crippen LogP contribution is 2.25. The van der Waals surface area contributed by atoms with Gasteiger partial charge in [0.1, 0.15) is 0 Å². The fourth-order valence-electron chi connectivity index (χ4n) is 2.40. The molecule has 1 aliphatic heterocycles. The van der Waals surface area contributed by atoms with Crippen molar-refractivity contribution in [1.82, 2.24) is 9.88 Å². The number of anilines is 1. The molecule has 1 N–H and O–H groups in total. The maximum absolute atomic E-state index is 11.0. The first-order valence-corrected chi connectivity index (χ1v) is 8.22. The summed E-state index contributed by atoms with van der Waals surface area (Å²) in [5.41, 5.74) is 2.31. The van der Waals surface area contributed by atoms with Crippen molar-refractivity contribution >= 4 is 27.9 Å². The van der Waals surface area contributed by atoms with Crippen LogP contribution in [0, 0.1) is 0 Å². The van der Waals surface area contributed by atoms with Crippen LogP contribution in [0.4, 0.5) is 5.13 Å². The highest BCUT2D eigenvalue weighted by molar-refractivity contribution is 7.14. The zero-order chi connectivity index (χ0) is 14.4. The second-order valence-corrected chi connectivity index (χ2v) is 6.08. The number of nitrogens with one attached hydrogen (secondary N) is 1. The highest BCUT2D eigenvalue weighted by atomic mass is 32.1. The van der Waals surface area contributed by atoms with E-state index < -0.39 is 0 Å². The van der Waals surface area contributed by atoms with Gasteiger partial charge in [0, 0.05) is 25.4 Å². The van der Waals surface area contributed by atoms with Gasteiger partial charge < -0.3 is 5.32 Å². The molecule has 0 aromatic carbocycles. The third-order valence-corrected chi connectivity index (χ3v) is 4.18. The second-order valence-electron chi connectivity index (χ2n) is 5.22. The molecule has 1 aromatic rings. The van der Waals surface area contributed by atoms with Crippen LogP contribution >= 0.6 is 11.3 Å². The molecule has 5 heteroatoms. The summed E-state index contributed by atoms with van der Waals surface area (Å²) in [6.07, 6.45) is 7.22. The lowest BCUT2D eigenvalue weighted by atomic mass is 10.1. The Kier molecular flexibility index (Phi) is 5.73. The molecule has 0 spiro atoms. The fourth-order valence-corrected chi connectivity index (χ4v) is 3.18. The van der Waals surface area contributed by atoms with Gasteiger partial charge in [-0.1, -0.05) is 25.8 Å². The average Bonchev–Trinajstić information content (AvgIpc) is 2.87. The van der Waals surface area contributed by atoms with Gasteiger partial charge in [0.2, 0.25) is 5.91 Å². The molecule has 2 rings (SSSR count). The monoisotopic (exact) mass is 293 g/mol. The van der Waals surface area contributed by atoms with Crippen LogP contribution in [0.2, 0.25) is 0 Å². The van der Waals surface area contributed by atoms with Gasteiger partial charge in [-0.2, -0.15) is 0 Å². The van der Waals surface area contributed by atoms with Gasteiger partial charge >= 0.3 is 0 Å². The maximum Gasteiger partial charge on any atom is 0.223 e. The van der Waals surface area contributed by atoms with E-state index in [4.69, 9.17) is 0 Å². The van der Waals surface area contributed by atoms with Gasteiger partial charge in [0.25, 0.3) is 0 Å². The van der Waals surface area contributed by atoms with E-state index in [9.17, 15) is 4.79 Å². The molecule has 2 heterocycles. The van der Waals surface area contributed by atoms with E-state index in [1.807, 2.05) is 5.38 Å². The van der Waals surface area contributed by atoms with Gasteiger partial charge in [-0.25, -0.2) is 4.98 Å². The standard InChI is InChI=1S/C15H23N3OS/c1-3-4-5-8-18-9-6-7-13(10-18)14-11-20-15(17-14)16-12(2)19/h7,11H,3-6,8-10H2,1-2H3,(H,16,17,19). The number of hydrogen-bond donors (Lipinski definition) is 1. The first kappa shape index (κ1) is 15.2. The molecular weight excluding hydrogens is 270 g/mol. The van der Waals surface area contributed by atoms with Crippen LogP contribution in [0.5, 0.6) is 0 Å². The van der Waals surface area contributed by atoms with Gasteiger partial charge in [0.05, 0.1) is 5.69 Å². The van der Waals surface area contributed by atoms with E-state index in [1.165, 1.54) is 49.6 Å². The van der Waals surface area contributed by atoms with E-state index in [0.717, 1.165) is 25.2 Å². The molecule has 0 saturated carbocycles. The molecular formula is C15H23N3OS. The maximum atomic E-state index is 11.0. The van der Waals surface area contributed by atoms with Crippen LogP contribution in [-0.4, -0.2) is 35.4 Å². The zero-order valence-electron chi connectivity index (χ0n) is 12.3. The number of carbonyl (C=O) groups is 1. The van der Waals surface area contributed by atoms with Crippen molar-refractivity contribution in [3.63, 3.8) is 0 Å². The molecule has 110 valence electrons. The van der Waals surface area contributed by atoms with Gasteiger partial charge in [-0.05, 0) is 25.0 Å². The minimum Gasteiger partial charge on any atom is -0.302 e. The third-order valence-electron chi connectivity index (χ3n) is 3.42. The molecule has 1 aromatic heterocycles. The lowest BCUT2D eigenvalue weighted by molar-refractivity contribution is -0.114. The Morgan fingerprint density at radius 1 is 1.50 bits per heavy atom. The Balaban J connectivity index is 1.93. The summed E-state index contributed by atoms with van der Waals surface area (Å²) in [5, 5.41) is 5.47. The number of rotatable bonds is 6. The molecule has 1 amide bonds. The van der Waals surface area contributed by atoms with Crippen molar-refractivity contribution in [3.8, 4) is 0 Å². The number of thiazole rings is 1. The lowest BCUT2D eigenvalue weighted by Crippen LogP contribution is -2.30. The van der Waals surface area contributed by atoms with E-state index in [1.54, 1.807) is 0 Å². The minimum absolute atomic E-state index is 0.0651. The number of amides is 1. The van der Waals surface area contributed by atoms with Crippen molar-refractivity contribution in [2.24, 2.45) is 0 Å². The minimum atomic E-state index is -0.0651. The Morgan fingerprint density at radius 3 is 3.10 bits per heavy atom. The Hall–Kier alpha value is -1.20. The second kappa shape index (κ2) is 7.55. The van der Waals surface area contributed by atoms with Crippen molar-refractivity contribution in [3.05, 3.63) is 17.2 Å². The molecule has 0 bridgehead atoms. The summed E-state index contributed by atoms with van der Waals surface area (Å²) >= 11 is 1.49. The predicted octanol–water partition coefficient (Wildman–Crippen LogP) is 3.38. The van der Waals surface area contributed by atoms with Crippen LogP contribution in [0.3, 0.4) is 0 Å². The largest absolute Gasteiger partial charge is 0.302 e. The number of nitrogens with zero attached hydrogens (tertiary/aromatic N) is 2. The van der Waals surface area contributed by atoms with Crippen molar-refractivity contribution in [2.75, 3.05) is 25.0 Å². The Morgan fingerprint density at radius 2 is 2.35 bits per heavy atom. The summed E-state index contributed by atoms with van der Waals surface area (Å²) in [6.45, 7) is 7.05. The molecule has 0 saturated heterocycles. The molecule has 4 nitrogen and oxygen atoms in total. The SMILES string of the molecule is CCCCCN1CCC=C(c2csc(NC(C)=O)n2)C1. The number of carbonyl (C=O) groups excluding carboxylic acids is 1. The average molecular weight is 293 g/mol. The van der Waals surface area contributed by atoms with E-state index >= 15 is 0 Å². The van der Waals surface area contributed by atoms with Crippen molar-refractivity contribution in [1.29, 1.82) is 0 Å². The zero-order valence-corrected chi connectivity index (χ0v) is 13.1. The first-order chi connectivity index (χ1) is 9.69. The molecule has 0 aliphatic carbocycles. The first-order valence-electron chi connectivity index (χ1n) is 7.34. The molecule has 20 heavy (non-hydrogen) atoms. The summed E-state index contributed by atoms with van der Waals surface area (Å²) in [6, 6.07) is 0. The van der Waals surface area contributed by atoms with Crippen molar-refractivity contribution < 1.29 is 4.79 Å². The van der Waals surface area contributed by atoms with Crippen LogP contribution in [0.15, 0.2) is 11.5 Å². The van der Waals surface area contributed by atoms with Gasteiger partial charge in [0.15, 0.2) is 5.13 Å². The van der Waals surface area contributed by atoms with E-state index in [-0.39, 0.29) is 5.91 Å². The van der Waals surface area contributed by atoms with E-state index in [2.05, 4.69) is 28.2 Å². The van der Waals surface area contributed by atoms with Crippen molar-refractivity contribution in [2.45, 2.75) is 39.5 Å². The molecule has 0 unspecified atom stereocenters. The summed E-state index contributed by atoms with van der Waals surface area (Å²) in [4.78, 5) is 18.0. The van der Waals surface area contributed by atoms with Gasteiger partial charge in [-0.15, -0.1) is 11.3 Å². The molecule has 0 atom stereocenters. The smallest absolute Gasteiger partial charge is 0.223 e. The summed E-state index contributed by atoms with van der Waals surface area (Å²) < 4.78 is 0. The number of hydrogen-bond acceptors (Lipinski definition) is 4. The topological polar surface area (TPSA) is 45.2 Å². The lowest BCUT2D eigenvalue weighted by Gasteiger charge is -2.26. The molecule has 0 fully saturated rings. The normalized spacial score (nSPS) is 16.0. The summed E-state index contributed by atoms with van der Waals surface area (Å²) in [7, 11) is 0. The molecule has 0 radical (unpaired) electrons. The number of aromatic nitrogens is 1. The van der Waals surface area contributed by atoms with Crippen LogP contribution in [0.25, 0.3) is 5.57 Å². The number of unbranched alkanes of at least 4 members (excludes halogenated alkanes) is 2. The van der Waals surface area contributed by atoms with Crippen LogP contribution in [-0.2, 0) is 4.79 Å². The van der Waals surface area contributed by atoms with Crippen LogP contribution in [0.1, 0.15) is 45.2 Å². The van der Waals surface area contributed by atoms with E-state index in [0.29, 0.717) is 5.13 Å². The molecule has 1 aliphatic rings. The van der Waals surface area contributed by atoms with Crippen LogP contribution < -0.4 is 5.32 Å².